The molecule has 178 valence electrons. The minimum atomic E-state index is -0.321. The summed E-state index contributed by atoms with van der Waals surface area (Å²) in [5.41, 5.74) is 3.41. The Morgan fingerprint density at radius 3 is 2.56 bits per heavy atom. The van der Waals surface area contributed by atoms with Crippen LogP contribution >= 0.6 is 12.2 Å². The van der Waals surface area contributed by atoms with Crippen LogP contribution in [0.5, 0.6) is 5.75 Å². The second-order valence-corrected chi connectivity index (χ2v) is 8.17. The van der Waals surface area contributed by atoms with Crippen molar-refractivity contribution in [1.82, 2.24) is 20.4 Å². The zero-order chi connectivity index (χ0) is 24.1. The average Bonchev–Trinajstić information content (AvgIpc) is 3.33. The summed E-state index contributed by atoms with van der Waals surface area (Å²) in [5, 5.41) is 8.21. The molecule has 0 bridgehead atoms. The third-order valence-electron chi connectivity index (χ3n) is 5.68. The molecule has 0 saturated carbocycles. The molecule has 0 aliphatic carbocycles. The van der Waals surface area contributed by atoms with Crippen LogP contribution in [0.1, 0.15) is 37.8 Å². The van der Waals surface area contributed by atoms with E-state index in [0.717, 1.165) is 29.0 Å². The van der Waals surface area contributed by atoms with Crippen molar-refractivity contribution in [2.75, 3.05) is 26.9 Å². The van der Waals surface area contributed by atoms with Crippen LogP contribution in [0.2, 0.25) is 0 Å². The number of nitrogens with zero attached hydrogens (tertiary/aromatic N) is 3. The molecule has 0 radical (unpaired) electrons. The minimum absolute atomic E-state index is 0.289. The van der Waals surface area contributed by atoms with Crippen LogP contribution in [0.4, 0.5) is 4.39 Å². The van der Waals surface area contributed by atoms with Crippen molar-refractivity contribution < 1.29 is 18.4 Å². The second-order valence-electron chi connectivity index (χ2n) is 7.79. The molecule has 7 nitrogen and oxygen atoms in total. The second kappa shape index (κ2) is 10.8. The van der Waals surface area contributed by atoms with Crippen LogP contribution in [0.3, 0.4) is 0 Å². The maximum absolute atomic E-state index is 13.4. The van der Waals surface area contributed by atoms with Crippen LogP contribution < -0.4 is 10.1 Å². The molecular weight excluding hydrogens is 455 g/mol. The number of halogens is 1. The van der Waals surface area contributed by atoms with Gasteiger partial charge in [-0.25, -0.2) is 4.39 Å². The van der Waals surface area contributed by atoms with E-state index in [4.69, 9.17) is 26.2 Å². The molecule has 1 aliphatic rings. The van der Waals surface area contributed by atoms with Crippen molar-refractivity contribution in [2.45, 2.75) is 26.3 Å². The van der Waals surface area contributed by atoms with Crippen molar-refractivity contribution in [3.05, 3.63) is 71.5 Å². The monoisotopic (exact) mass is 482 g/mol. The average molecular weight is 483 g/mol. The third-order valence-corrected chi connectivity index (χ3v) is 6.02. The molecule has 1 N–H and O–H groups in total. The van der Waals surface area contributed by atoms with Crippen molar-refractivity contribution in [1.29, 1.82) is 0 Å². The number of aromatic nitrogens is 2. The first-order valence-electron chi connectivity index (χ1n) is 11.1. The lowest BCUT2D eigenvalue weighted by atomic mass is 9.94. The first-order valence-corrected chi connectivity index (χ1v) is 11.5. The molecule has 0 spiro atoms. The Morgan fingerprint density at radius 2 is 1.88 bits per heavy atom. The summed E-state index contributed by atoms with van der Waals surface area (Å²) in [7, 11) is 1.63. The fourth-order valence-corrected chi connectivity index (χ4v) is 4.24. The van der Waals surface area contributed by atoms with Gasteiger partial charge in [-0.05, 0) is 74.4 Å². The SMILES string of the molecule is CCOCCCN1C(=S)NC(c2ccc(OC)cc2)C(c2nc(-c3ccc(F)cc3)no2)=C1C. The van der Waals surface area contributed by atoms with Crippen LogP contribution in [-0.2, 0) is 4.74 Å². The molecule has 2 aromatic carbocycles. The highest BCUT2D eigenvalue weighted by Crippen LogP contribution is 2.38. The zero-order valence-electron chi connectivity index (χ0n) is 19.4. The summed E-state index contributed by atoms with van der Waals surface area (Å²) >= 11 is 5.72. The van der Waals surface area contributed by atoms with Crippen molar-refractivity contribution in [3.63, 3.8) is 0 Å². The van der Waals surface area contributed by atoms with Gasteiger partial charge in [-0.3, -0.25) is 0 Å². The van der Waals surface area contributed by atoms with Gasteiger partial charge in [-0.15, -0.1) is 0 Å². The molecule has 4 rings (SSSR count). The van der Waals surface area contributed by atoms with E-state index in [9.17, 15) is 4.39 Å². The normalized spacial score (nSPS) is 16.1. The van der Waals surface area contributed by atoms with E-state index in [0.29, 0.717) is 42.1 Å². The van der Waals surface area contributed by atoms with Gasteiger partial charge in [-0.2, -0.15) is 4.98 Å². The standard InChI is InChI=1S/C25H27FN4O3S/c1-4-32-15-5-14-30-16(2)21(22(27-25(30)34)17-8-12-20(31-3)13-9-17)24-28-23(29-33-24)18-6-10-19(26)11-7-18/h6-13,22H,4-5,14-15H2,1-3H3,(H,27,34). The van der Waals surface area contributed by atoms with Gasteiger partial charge in [0, 0.05) is 31.0 Å². The lowest BCUT2D eigenvalue weighted by Gasteiger charge is -2.37. The number of hydrogen-bond acceptors (Lipinski definition) is 6. The van der Waals surface area contributed by atoms with Crippen LogP contribution in [0.25, 0.3) is 17.0 Å². The van der Waals surface area contributed by atoms with Gasteiger partial charge in [0.25, 0.3) is 5.89 Å². The first kappa shape index (κ1) is 23.8. The van der Waals surface area contributed by atoms with Gasteiger partial charge in [0.1, 0.15) is 11.6 Å². The molecule has 9 heteroatoms. The van der Waals surface area contributed by atoms with Crippen LogP contribution in [0.15, 0.2) is 58.8 Å². The van der Waals surface area contributed by atoms with E-state index in [1.54, 1.807) is 19.2 Å². The number of hydrogen-bond donors (Lipinski definition) is 1. The maximum atomic E-state index is 13.4. The van der Waals surface area contributed by atoms with E-state index < -0.39 is 0 Å². The lowest BCUT2D eigenvalue weighted by molar-refractivity contribution is 0.141. The van der Waals surface area contributed by atoms with Crippen LogP contribution in [-0.4, -0.2) is 47.0 Å². The molecule has 0 amide bonds. The largest absolute Gasteiger partial charge is 0.497 e. The van der Waals surface area contributed by atoms with E-state index in [1.807, 2.05) is 43.0 Å². The number of nitrogens with one attached hydrogen (secondary N) is 1. The van der Waals surface area contributed by atoms with Gasteiger partial charge in [-0.1, -0.05) is 17.3 Å². The fourth-order valence-electron chi connectivity index (χ4n) is 3.89. The van der Waals surface area contributed by atoms with Crippen molar-refractivity contribution in [2.24, 2.45) is 0 Å². The lowest BCUT2D eigenvalue weighted by Crippen LogP contribution is -2.46. The summed E-state index contributed by atoms with van der Waals surface area (Å²) in [6, 6.07) is 13.5. The fraction of sp³-hybridized carbons (Fsp3) is 0.320. The zero-order valence-corrected chi connectivity index (χ0v) is 20.2. The van der Waals surface area contributed by atoms with Crippen molar-refractivity contribution >= 4 is 22.9 Å². The molecule has 1 atom stereocenters. The number of methoxy groups -OCH3 is 1. The molecular formula is C25H27FN4O3S. The Balaban J connectivity index is 1.72. The Kier molecular flexibility index (Phi) is 7.54. The molecule has 3 aromatic rings. The smallest absolute Gasteiger partial charge is 0.258 e. The number of ether oxygens (including phenoxy) is 2. The summed E-state index contributed by atoms with van der Waals surface area (Å²) in [6.07, 6.45) is 0.818. The number of allylic oxidation sites excluding steroid dienone is 1. The molecule has 34 heavy (non-hydrogen) atoms. The first-order chi connectivity index (χ1) is 16.5. The molecule has 1 aliphatic heterocycles. The summed E-state index contributed by atoms with van der Waals surface area (Å²) in [6.45, 7) is 5.99. The number of rotatable bonds is 9. The number of thiocarbonyl (C=S) groups is 1. The quantitative estimate of drug-likeness (QED) is 0.338. The highest BCUT2D eigenvalue weighted by molar-refractivity contribution is 7.80. The van der Waals surface area contributed by atoms with E-state index in [2.05, 4.69) is 15.5 Å². The van der Waals surface area contributed by atoms with Gasteiger partial charge < -0.3 is 24.2 Å². The Hall–Kier alpha value is -3.30. The van der Waals surface area contributed by atoms with Crippen LogP contribution in [0, 0.1) is 5.82 Å². The predicted molar refractivity (Wildman–Crippen MR) is 132 cm³/mol. The highest BCUT2D eigenvalue weighted by atomic mass is 32.1. The Morgan fingerprint density at radius 1 is 1.15 bits per heavy atom. The molecule has 2 heterocycles. The predicted octanol–water partition coefficient (Wildman–Crippen LogP) is 4.97. The topological polar surface area (TPSA) is 72.7 Å². The van der Waals surface area contributed by atoms with Crippen molar-refractivity contribution in [3.8, 4) is 17.1 Å². The number of benzene rings is 2. The summed E-state index contributed by atoms with van der Waals surface area (Å²) in [5.74, 6) is 1.21. The minimum Gasteiger partial charge on any atom is -0.497 e. The van der Waals surface area contributed by atoms with Gasteiger partial charge in [0.05, 0.1) is 18.7 Å². The summed E-state index contributed by atoms with van der Waals surface area (Å²) < 4.78 is 29.9. The third kappa shape index (κ3) is 5.10. The van der Waals surface area contributed by atoms with E-state index in [1.165, 1.54) is 12.1 Å². The molecule has 0 saturated heterocycles. The Labute approximate surface area is 203 Å². The van der Waals surface area contributed by atoms with Gasteiger partial charge in [0.2, 0.25) is 5.82 Å². The molecule has 1 unspecified atom stereocenters. The highest BCUT2D eigenvalue weighted by Gasteiger charge is 2.34. The van der Waals surface area contributed by atoms with Gasteiger partial charge >= 0.3 is 0 Å². The molecule has 0 fully saturated rings. The van der Waals surface area contributed by atoms with Gasteiger partial charge in [0.15, 0.2) is 5.11 Å². The Bertz CT molecular complexity index is 1160. The molecule has 1 aromatic heterocycles. The van der Waals surface area contributed by atoms with E-state index >= 15 is 0 Å². The summed E-state index contributed by atoms with van der Waals surface area (Å²) in [4.78, 5) is 6.68. The maximum Gasteiger partial charge on any atom is 0.258 e. The van der Waals surface area contributed by atoms with E-state index in [-0.39, 0.29) is 11.9 Å².